The summed E-state index contributed by atoms with van der Waals surface area (Å²) in [4.78, 5) is 11.9. The van der Waals surface area contributed by atoms with Gasteiger partial charge in [0.25, 0.3) is 5.91 Å². The molecule has 0 atom stereocenters. The summed E-state index contributed by atoms with van der Waals surface area (Å²) in [5.41, 5.74) is 0.884. The first kappa shape index (κ1) is 15.2. The maximum absolute atomic E-state index is 12.1. The van der Waals surface area contributed by atoms with Gasteiger partial charge in [-0.2, -0.15) is 8.78 Å². The standard InChI is InChI=1S/C12H7BrClF2NO2S/c13-10-3-6(5-20-10)11(18)17-7-1-2-9(8(14)4-7)19-12(15)16/h1-5,12H,(H,17,18). The van der Waals surface area contributed by atoms with Crippen LogP contribution in [0.3, 0.4) is 0 Å². The molecule has 1 aromatic heterocycles. The molecule has 2 rings (SSSR count). The maximum Gasteiger partial charge on any atom is 0.387 e. The van der Waals surface area contributed by atoms with Crippen molar-refractivity contribution in [3.05, 3.63) is 44.0 Å². The Morgan fingerprint density at radius 2 is 2.15 bits per heavy atom. The number of hydrogen-bond acceptors (Lipinski definition) is 3. The van der Waals surface area contributed by atoms with Crippen LogP contribution in [0.4, 0.5) is 14.5 Å². The first-order valence-electron chi connectivity index (χ1n) is 5.25. The monoisotopic (exact) mass is 381 g/mol. The summed E-state index contributed by atoms with van der Waals surface area (Å²) in [5.74, 6) is -0.455. The van der Waals surface area contributed by atoms with E-state index in [0.717, 1.165) is 3.79 Å². The Hall–Kier alpha value is -1.18. The minimum absolute atomic E-state index is 0.00500. The Morgan fingerprint density at radius 1 is 1.40 bits per heavy atom. The molecule has 0 radical (unpaired) electrons. The normalized spacial score (nSPS) is 10.7. The number of benzene rings is 1. The number of nitrogens with one attached hydrogen (secondary N) is 1. The zero-order chi connectivity index (χ0) is 14.7. The van der Waals surface area contributed by atoms with E-state index in [1.54, 1.807) is 11.4 Å². The summed E-state index contributed by atoms with van der Waals surface area (Å²) in [6.45, 7) is -2.95. The van der Waals surface area contributed by atoms with Crippen molar-refractivity contribution in [1.82, 2.24) is 0 Å². The summed E-state index contributed by atoms with van der Waals surface area (Å²) in [5, 5.41) is 4.30. The number of carbonyl (C=O) groups is 1. The Kier molecular flexibility index (Phi) is 4.95. The Morgan fingerprint density at radius 3 is 2.70 bits per heavy atom. The van der Waals surface area contributed by atoms with Gasteiger partial charge in [-0.3, -0.25) is 4.79 Å². The van der Waals surface area contributed by atoms with E-state index in [4.69, 9.17) is 11.6 Å². The lowest BCUT2D eigenvalue weighted by atomic mass is 10.2. The van der Waals surface area contributed by atoms with Gasteiger partial charge in [0.05, 0.1) is 14.4 Å². The summed E-state index contributed by atoms with van der Waals surface area (Å²) in [6.07, 6.45) is 0. The lowest BCUT2D eigenvalue weighted by Crippen LogP contribution is -2.11. The molecule has 0 saturated carbocycles. The molecule has 0 bridgehead atoms. The van der Waals surface area contributed by atoms with Gasteiger partial charge in [-0.1, -0.05) is 11.6 Å². The molecule has 1 heterocycles. The minimum atomic E-state index is -2.95. The third-order valence-corrected chi connectivity index (χ3v) is 4.04. The first-order valence-corrected chi connectivity index (χ1v) is 7.30. The molecule has 2 aromatic rings. The lowest BCUT2D eigenvalue weighted by molar-refractivity contribution is -0.0497. The number of carbonyl (C=O) groups excluding carboxylic acids is 1. The van der Waals surface area contributed by atoms with Crippen LogP contribution in [0.25, 0.3) is 0 Å². The number of amides is 1. The summed E-state index contributed by atoms with van der Waals surface area (Å²) >= 11 is 10.4. The summed E-state index contributed by atoms with van der Waals surface area (Å²) in [6, 6.07) is 5.73. The SMILES string of the molecule is O=C(Nc1ccc(OC(F)F)c(Cl)c1)c1csc(Br)c1. The second-order valence-electron chi connectivity index (χ2n) is 3.62. The molecule has 0 aliphatic heterocycles. The van der Waals surface area contributed by atoms with E-state index < -0.39 is 6.61 Å². The minimum Gasteiger partial charge on any atom is -0.433 e. The number of hydrogen-bond donors (Lipinski definition) is 1. The molecule has 0 aliphatic carbocycles. The van der Waals surface area contributed by atoms with Gasteiger partial charge in [0, 0.05) is 11.1 Å². The molecular formula is C12H7BrClF2NO2S. The number of alkyl halides is 2. The van der Waals surface area contributed by atoms with Gasteiger partial charge in [-0.25, -0.2) is 0 Å². The largest absolute Gasteiger partial charge is 0.433 e. The number of thiophene rings is 1. The van der Waals surface area contributed by atoms with Crippen LogP contribution in [0.2, 0.25) is 5.02 Å². The number of rotatable bonds is 4. The molecule has 0 unspecified atom stereocenters. The smallest absolute Gasteiger partial charge is 0.387 e. The number of halogens is 4. The Labute approximate surface area is 130 Å². The predicted octanol–water partition coefficient (Wildman–Crippen LogP) is 5.02. The highest BCUT2D eigenvalue weighted by molar-refractivity contribution is 9.11. The van der Waals surface area contributed by atoms with E-state index in [2.05, 4.69) is 26.0 Å². The van der Waals surface area contributed by atoms with E-state index in [-0.39, 0.29) is 16.7 Å². The van der Waals surface area contributed by atoms with Gasteiger partial charge in [-0.05, 0) is 40.2 Å². The van der Waals surface area contributed by atoms with Gasteiger partial charge >= 0.3 is 6.61 Å². The third-order valence-electron chi connectivity index (χ3n) is 2.24. The van der Waals surface area contributed by atoms with Crippen molar-refractivity contribution in [2.75, 3.05) is 5.32 Å². The van der Waals surface area contributed by atoms with Gasteiger partial charge in [0.2, 0.25) is 0 Å². The van der Waals surface area contributed by atoms with Crippen molar-refractivity contribution >= 4 is 50.5 Å². The van der Waals surface area contributed by atoms with Gasteiger partial charge in [-0.15, -0.1) is 11.3 Å². The molecule has 1 N–H and O–H groups in total. The average molecular weight is 383 g/mol. The van der Waals surface area contributed by atoms with Crippen molar-refractivity contribution in [3.63, 3.8) is 0 Å². The van der Waals surface area contributed by atoms with Crippen molar-refractivity contribution < 1.29 is 18.3 Å². The van der Waals surface area contributed by atoms with Crippen LogP contribution in [-0.2, 0) is 0 Å². The van der Waals surface area contributed by atoms with Crippen LogP contribution in [0, 0.1) is 0 Å². The molecule has 20 heavy (non-hydrogen) atoms. The molecule has 0 aliphatic rings. The van der Waals surface area contributed by atoms with Gasteiger partial charge in [0.15, 0.2) is 0 Å². The quantitative estimate of drug-likeness (QED) is 0.806. The van der Waals surface area contributed by atoms with Crippen LogP contribution in [-0.4, -0.2) is 12.5 Å². The highest BCUT2D eigenvalue weighted by Gasteiger charge is 2.12. The molecule has 1 aromatic carbocycles. The molecule has 0 spiro atoms. The van der Waals surface area contributed by atoms with E-state index in [1.165, 1.54) is 29.5 Å². The Balaban J connectivity index is 2.10. The van der Waals surface area contributed by atoms with Gasteiger partial charge in [0.1, 0.15) is 5.75 Å². The fourth-order valence-corrected chi connectivity index (χ4v) is 2.76. The van der Waals surface area contributed by atoms with Crippen LogP contribution >= 0.6 is 38.9 Å². The number of ether oxygens (including phenoxy) is 1. The van der Waals surface area contributed by atoms with Crippen LogP contribution < -0.4 is 10.1 Å². The zero-order valence-electron chi connectivity index (χ0n) is 9.70. The second-order valence-corrected chi connectivity index (χ2v) is 6.31. The molecule has 106 valence electrons. The average Bonchev–Trinajstić information content (AvgIpc) is 2.79. The van der Waals surface area contributed by atoms with Crippen molar-refractivity contribution in [2.45, 2.75) is 6.61 Å². The summed E-state index contributed by atoms with van der Waals surface area (Å²) in [7, 11) is 0. The van der Waals surface area contributed by atoms with E-state index in [0.29, 0.717) is 11.3 Å². The second kappa shape index (κ2) is 6.51. The predicted molar refractivity (Wildman–Crippen MR) is 78.1 cm³/mol. The van der Waals surface area contributed by atoms with E-state index >= 15 is 0 Å². The Bertz CT molecular complexity index is 636. The lowest BCUT2D eigenvalue weighted by Gasteiger charge is -2.09. The van der Waals surface area contributed by atoms with Crippen molar-refractivity contribution in [3.8, 4) is 5.75 Å². The molecular weight excluding hydrogens is 376 g/mol. The molecule has 1 amide bonds. The number of anilines is 1. The molecule has 8 heteroatoms. The highest BCUT2D eigenvalue weighted by atomic mass is 79.9. The third kappa shape index (κ3) is 3.91. The van der Waals surface area contributed by atoms with Crippen molar-refractivity contribution in [1.29, 1.82) is 0 Å². The first-order chi connectivity index (χ1) is 9.45. The van der Waals surface area contributed by atoms with Crippen LogP contribution in [0.5, 0.6) is 5.75 Å². The van der Waals surface area contributed by atoms with E-state index in [9.17, 15) is 13.6 Å². The molecule has 0 saturated heterocycles. The fourth-order valence-electron chi connectivity index (χ4n) is 1.40. The van der Waals surface area contributed by atoms with Gasteiger partial charge < -0.3 is 10.1 Å². The zero-order valence-corrected chi connectivity index (χ0v) is 12.9. The highest BCUT2D eigenvalue weighted by Crippen LogP contribution is 2.29. The van der Waals surface area contributed by atoms with Crippen LogP contribution in [0.15, 0.2) is 33.4 Å². The summed E-state index contributed by atoms with van der Waals surface area (Å²) < 4.78 is 29.2. The topological polar surface area (TPSA) is 38.3 Å². The maximum atomic E-state index is 12.1. The van der Waals surface area contributed by atoms with E-state index in [1.807, 2.05) is 0 Å². The fraction of sp³-hybridized carbons (Fsp3) is 0.0833. The molecule has 3 nitrogen and oxygen atoms in total. The van der Waals surface area contributed by atoms with Crippen molar-refractivity contribution in [2.24, 2.45) is 0 Å². The van der Waals surface area contributed by atoms with Crippen LogP contribution in [0.1, 0.15) is 10.4 Å². The molecule has 0 fully saturated rings.